The third kappa shape index (κ3) is 3.22. The van der Waals surface area contributed by atoms with Crippen LogP contribution in [-0.2, 0) is 7.05 Å². The van der Waals surface area contributed by atoms with Gasteiger partial charge in [-0.05, 0) is 12.1 Å². The summed E-state index contributed by atoms with van der Waals surface area (Å²) in [7, 11) is 1.77. The molecule has 0 unspecified atom stereocenters. The Labute approximate surface area is 91.4 Å². The third-order valence-corrected chi connectivity index (χ3v) is 1.99. The number of alkyl halides is 3. The Morgan fingerprint density at radius 3 is 2.54 bits per heavy atom. The molecule has 1 aromatic rings. The van der Waals surface area contributed by atoms with Crippen molar-refractivity contribution in [3.05, 3.63) is 24.0 Å². The highest BCUT2D eigenvalue weighted by Gasteiger charge is 2.25. The van der Waals surface area contributed by atoms with Gasteiger partial charge < -0.3 is 4.57 Å². The Balaban J connectivity index is 2.76. The maximum absolute atomic E-state index is 11.5. The fraction of sp³-hybridized carbons (Fsp3) is 0.375. The minimum absolute atomic E-state index is 0.102. The second kappa shape index (κ2) is 3.91. The summed E-state index contributed by atoms with van der Waals surface area (Å²) < 4.78 is 0.181. The van der Waals surface area contributed by atoms with Crippen LogP contribution in [0.25, 0.3) is 0 Å². The van der Waals surface area contributed by atoms with Gasteiger partial charge in [-0.15, -0.1) is 0 Å². The number of aromatic nitrogens is 1. The maximum atomic E-state index is 11.5. The molecule has 0 bridgehead atoms. The molecular formula is C8H8Cl3NO. The number of aryl methyl sites for hydroxylation is 1. The first-order valence-corrected chi connectivity index (χ1v) is 4.75. The summed E-state index contributed by atoms with van der Waals surface area (Å²) >= 11 is 16.5. The topological polar surface area (TPSA) is 22.0 Å². The molecule has 5 heteroatoms. The number of Topliss-reactive ketones (excluding diaryl/α,β-unsaturated/α-hetero) is 1. The van der Waals surface area contributed by atoms with Gasteiger partial charge in [-0.1, -0.05) is 34.8 Å². The molecule has 0 saturated carbocycles. The van der Waals surface area contributed by atoms with Gasteiger partial charge >= 0.3 is 0 Å². The zero-order chi connectivity index (χ0) is 10.1. The van der Waals surface area contributed by atoms with Crippen molar-refractivity contribution >= 4 is 40.6 Å². The van der Waals surface area contributed by atoms with Crippen LogP contribution in [0.5, 0.6) is 0 Å². The van der Waals surface area contributed by atoms with E-state index in [0.29, 0.717) is 5.69 Å². The third-order valence-electron chi connectivity index (χ3n) is 1.59. The van der Waals surface area contributed by atoms with E-state index < -0.39 is 3.79 Å². The van der Waals surface area contributed by atoms with Gasteiger partial charge in [-0.2, -0.15) is 0 Å². The molecule has 72 valence electrons. The summed E-state index contributed by atoms with van der Waals surface area (Å²) in [6.07, 6.45) is 1.67. The first-order valence-electron chi connectivity index (χ1n) is 3.61. The molecule has 13 heavy (non-hydrogen) atoms. The number of rotatable bonds is 2. The number of hydrogen-bond acceptors (Lipinski definition) is 1. The number of nitrogens with zero attached hydrogens (tertiary/aromatic N) is 1. The van der Waals surface area contributed by atoms with E-state index in [1.54, 1.807) is 29.9 Å². The number of carbonyl (C=O) groups is 1. The van der Waals surface area contributed by atoms with E-state index >= 15 is 0 Å². The monoisotopic (exact) mass is 239 g/mol. The van der Waals surface area contributed by atoms with Gasteiger partial charge in [0.1, 0.15) is 0 Å². The highest BCUT2D eigenvalue weighted by Crippen LogP contribution is 2.31. The van der Waals surface area contributed by atoms with E-state index in [0.717, 1.165) is 0 Å². The van der Waals surface area contributed by atoms with Gasteiger partial charge in [-0.25, -0.2) is 0 Å². The van der Waals surface area contributed by atoms with Crippen molar-refractivity contribution in [1.82, 2.24) is 4.57 Å². The highest BCUT2D eigenvalue weighted by molar-refractivity contribution is 6.68. The van der Waals surface area contributed by atoms with Gasteiger partial charge in [0.2, 0.25) is 0 Å². The van der Waals surface area contributed by atoms with E-state index in [1.807, 2.05) is 0 Å². The van der Waals surface area contributed by atoms with Crippen LogP contribution in [0.15, 0.2) is 18.3 Å². The first kappa shape index (κ1) is 10.9. The summed E-state index contributed by atoms with van der Waals surface area (Å²) in [5.74, 6) is -0.174. The summed E-state index contributed by atoms with van der Waals surface area (Å²) in [5, 5.41) is 0. The van der Waals surface area contributed by atoms with Crippen LogP contribution in [-0.4, -0.2) is 14.1 Å². The van der Waals surface area contributed by atoms with Crippen molar-refractivity contribution in [2.75, 3.05) is 0 Å². The molecule has 0 atom stereocenters. The summed E-state index contributed by atoms with van der Waals surface area (Å²) in [5.41, 5.74) is 0.548. The van der Waals surface area contributed by atoms with E-state index in [-0.39, 0.29) is 12.2 Å². The predicted octanol–water partition coefficient (Wildman–Crippen LogP) is 2.97. The molecule has 0 N–H and O–H groups in total. The predicted molar refractivity (Wildman–Crippen MR) is 54.7 cm³/mol. The zero-order valence-electron chi connectivity index (χ0n) is 6.93. The van der Waals surface area contributed by atoms with E-state index in [1.165, 1.54) is 0 Å². The Kier molecular flexibility index (Phi) is 3.28. The first-order chi connectivity index (χ1) is 5.90. The van der Waals surface area contributed by atoms with Crippen molar-refractivity contribution in [2.45, 2.75) is 10.2 Å². The van der Waals surface area contributed by atoms with Gasteiger partial charge in [0.05, 0.1) is 12.1 Å². The Bertz CT molecular complexity index is 313. The molecule has 1 aromatic heterocycles. The largest absolute Gasteiger partial charge is 0.348 e. The minimum atomic E-state index is -1.51. The lowest BCUT2D eigenvalue weighted by atomic mass is 10.2. The van der Waals surface area contributed by atoms with Crippen LogP contribution < -0.4 is 0 Å². The van der Waals surface area contributed by atoms with Crippen molar-refractivity contribution in [3.8, 4) is 0 Å². The highest BCUT2D eigenvalue weighted by atomic mass is 35.6. The molecular weight excluding hydrogens is 232 g/mol. The Hall–Kier alpha value is -0.180. The standard InChI is InChI=1S/C8H8Cl3NO/c1-12-4-2-3-6(12)7(13)5-8(9,10)11/h2-4H,5H2,1H3. The molecule has 0 aliphatic carbocycles. The van der Waals surface area contributed by atoms with Crippen LogP contribution in [0.1, 0.15) is 16.9 Å². The van der Waals surface area contributed by atoms with Crippen LogP contribution in [0.2, 0.25) is 0 Å². The van der Waals surface area contributed by atoms with Gasteiger partial charge in [0.15, 0.2) is 9.58 Å². The lowest BCUT2D eigenvalue weighted by molar-refractivity contribution is 0.0976. The molecule has 1 heterocycles. The molecule has 0 aromatic carbocycles. The Morgan fingerprint density at radius 1 is 1.54 bits per heavy atom. The molecule has 0 aliphatic heterocycles. The van der Waals surface area contributed by atoms with E-state index in [4.69, 9.17) is 34.8 Å². The summed E-state index contributed by atoms with van der Waals surface area (Å²) in [6, 6.07) is 3.46. The normalized spacial score (nSPS) is 11.7. The molecule has 1 rings (SSSR count). The van der Waals surface area contributed by atoms with Gasteiger partial charge in [0.25, 0.3) is 0 Å². The molecule has 0 saturated heterocycles. The van der Waals surface area contributed by atoms with Crippen LogP contribution >= 0.6 is 34.8 Å². The number of hydrogen-bond donors (Lipinski definition) is 0. The molecule has 0 spiro atoms. The van der Waals surface area contributed by atoms with Crippen molar-refractivity contribution in [3.63, 3.8) is 0 Å². The Morgan fingerprint density at radius 2 is 2.15 bits per heavy atom. The van der Waals surface area contributed by atoms with Crippen LogP contribution in [0.4, 0.5) is 0 Å². The fourth-order valence-corrected chi connectivity index (χ4v) is 1.39. The molecule has 0 aliphatic rings. The number of ketones is 1. The number of carbonyl (C=O) groups excluding carboxylic acids is 1. The molecule has 0 fully saturated rings. The second-order valence-electron chi connectivity index (χ2n) is 2.72. The zero-order valence-corrected chi connectivity index (χ0v) is 9.20. The summed E-state index contributed by atoms with van der Waals surface area (Å²) in [4.78, 5) is 11.5. The average Bonchev–Trinajstić information content (AvgIpc) is 2.30. The lowest BCUT2D eigenvalue weighted by Gasteiger charge is -2.09. The smallest absolute Gasteiger partial charge is 0.197 e. The van der Waals surface area contributed by atoms with Crippen molar-refractivity contribution in [2.24, 2.45) is 7.05 Å². The van der Waals surface area contributed by atoms with Crippen molar-refractivity contribution in [1.29, 1.82) is 0 Å². The van der Waals surface area contributed by atoms with Crippen LogP contribution in [0, 0.1) is 0 Å². The average molecular weight is 241 g/mol. The van der Waals surface area contributed by atoms with Gasteiger partial charge in [-0.3, -0.25) is 4.79 Å². The van der Waals surface area contributed by atoms with E-state index in [2.05, 4.69) is 0 Å². The molecule has 0 amide bonds. The maximum Gasteiger partial charge on any atom is 0.197 e. The van der Waals surface area contributed by atoms with Crippen LogP contribution in [0.3, 0.4) is 0 Å². The minimum Gasteiger partial charge on any atom is -0.348 e. The SMILES string of the molecule is Cn1cccc1C(=O)CC(Cl)(Cl)Cl. The fourth-order valence-electron chi connectivity index (χ4n) is 1.02. The molecule has 2 nitrogen and oxygen atoms in total. The van der Waals surface area contributed by atoms with Crippen molar-refractivity contribution < 1.29 is 4.79 Å². The van der Waals surface area contributed by atoms with Gasteiger partial charge in [0, 0.05) is 13.2 Å². The second-order valence-corrected chi connectivity index (χ2v) is 5.24. The number of halogens is 3. The summed E-state index contributed by atoms with van der Waals surface area (Å²) in [6.45, 7) is 0. The lowest BCUT2D eigenvalue weighted by Crippen LogP contribution is -2.14. The quantitative estimate of drug-likeness (QED) is 0.575. The van der Waals surface area contributed by atoms with E-state index in [9.17, 15) is 4.79 Å². The molecule has 0 radical (unpaired) electrons.